The van der Waals surface area contributed by atoms with E-state index in [0.29, 0.717) is 11.2 Å². The van der Waals surface area contributed by atoms with Crippen molar-refractivity contribution in [1.29, 1.82) is 0 Å². The lowest BCUT2D eigenvalue weighted by atomic mass is 10.1. The second kappa shape index (κ2) is 8.07. The van der Waals surface area contributed by atoms with Gasteiger partial charge in [-0.3, -0.25) is 0 Å². The normalized spacial score (nSPS) is 17.8. The number of rotatable bonds is 6. The fourth-order valence-corrected chi connectivity index (χ4v) is 2.37. The van der Waals surface area contributed by atoms with E-state index < -0.39 is 0 Å². The fourth-order valence-electron chi connectivity index (χ4n) is 2.19. The van der Waals surface area contributed by atoms with Crippen LogP contribution in [0.3, 0.4) is 0 Å². The third-order valence-corrected chi connectivity index (χ3v) is 3.66. The SMILES string of the molecule is COc1ccc(CCNC(=S)NCC2CCCO2)cc1. The Morgan fingerprint density at radius 3 is 2.80 bits per heavy atom. The van der Waals surface area contributed by atoms with E-state index in [1.54, 1.807) is 7.11 Å². The Hall–Kier alpha value is -1.33. The molecule has 1 atom stereocenters. The number of benzene rings is 1. The molecule has 0 spiro atoms. The van der Waals surface area contributed by atoms with Crippen LogP contribution in [0.4, 0.5) is 0 Å². The van der Waals surface area contributed by atoms with E-state index >= 15 is 0 Å². The number of thiocarbonyl (C=S) groups is 1. The molecular weight excluding hydrogens is 272 g/mol. The van der Waals surface area contributed by atoms with Crippen molar-refractivity contribution in [3.63, 3.8) is 0 Å². The number of nitrogens with one attached hydrogen (secondary N) is 2. The summed E-state index contributed by atoms with van der Waals surface area (Å²) in [4.78, 5) is 0. The van der Waals surface area contributed by atoms with Crippen molar-refractivity contribution in [3.05, 3.63) is 29.8 Å². The Kier molecular flexibility index (Phi) is 6.08. The maximum absolute atomic E-state index is 5.54. The summed E-state index contributed by atoms with van der Waals surface area (Å²) in [5, 5.41) is 7.12. The number of hydrogen-bond acceptors (Lipinski definition) is 3. The molecule has 1 fully saturated rings. The van der Waals surface area contributed by atoms with Gasteiger partial charge in [0, 0.05) is 19.7 Å². The standard InChI is InChI=1S/C15H22N2O2S/c1-18-13-6-4-12(5-7-13)8-9-16-15(20)17-11-14-3-2-10-19-14/h4-7,14H,2-3,8-11H2,1H3,(H2,16,17,20). The topological polar surface area (TPSA) is 42.5 Å². The second-order valence-corrected chi connectivity index (χ2v) is 5.28. The van der Waals surface area contributed by atoms with Crippen LogP contribution in [-0.2, 0) is 11.2 Å². The van der Waals surface area contributed by atoms with E-state index in [0.717, 1.165) is 44.7 Å². The Morgan fingerprint density at radius 1 is 1.35 bits per heavy atom. The van der Waals surface area contributed by atoms with Gasteiger partial charge in [0.15, 0.2) is 5.11 Å². The van der Waals surface area contributed by atoms with E-state index in [4.69, 9.17) is 21.7 Å². The monoisotopic (exact) mass is 294 g/mol. The van der Waals surface area contributed by atoms with E-state index in [1.807, 2.05) is 12.1 Å². The van der Waals surface area contributed by atoms with Gasteiger partial charge in [-0.15, -0.1) is 0 Å². The van der Waals surface area contributed by atoms with Crippen LogP contribution in [0.15, 0.2) is 24.3 Å². The van der Waals surface area contributed by atoms with Crippen LogP contribution in [-0.4, -0.2) is 38.0 Å². The van der Waals surface area contributed by atoms with Crippen molar-refractivity contribution in [2.45, 2.75) is 25.4 Å². The molecular formula is C15H22N2O2S. The minimum absolute atomic E-state index is 0.316. The van der Waals surface area contributed by atoms with Gasteiger partial charge in [0.2, 0.25) is 0 Å². The first kappa shape index (κ1) is 15.1. The van der Waals surface area contributed by atoms with Gasteiger partial charge in [-0.1, -0.05) is 12.1 Å². The van der Waals surface area contributed by atoms with E-state index in [2.05, 4.69) is 22.8 Å². The molecule has 0 amide bonds. The van der Waals surface area contributed by atoms with Crippen molar-refractivity contribution in [2.75, 3.05) is 26.8 Å². The van der Waals surface area contributed by atoms with Gasteiger partial charge in [-0.05, 0) is 49.2 Å². The third-order valence-electron chi connectivity index (χ3n) is 3.37. The van der Waals surface area contributed by atoms with Crippen LogP contribution in [0, 0.1) is 0 Å². The lowest BCUT2D eigenvalue weighted by Gasteiger charge is -2.14. The van der Waals surface area contributed by atoms with Crippen LogP contribution >= 0.6 is 12.2 Å². The average Bonchev–Trinajstić information content (AvgIpc) is 2.99. The highest BCUT2D eigenvalue weighted by atomic mass is 32.1. The summed E-state index contributed by atoms with van der Waals surface area (Å²) < 4.78 is 10.7. The van der Waals surface area contributed by atoms with E-state index in [-0.39, 0.29) is 0 Å². The molecule has 1 saturated heterocycles. The summed E-state index contributed by atoms with van der Waals surface area (Å²) in [5.74, 6) is 0.885. The highest BCUT2D eigenvalue weighted by Gasteiger charge is 2.14. The molecule has 2 N–H and O–H groups in total. The van der Waals surface area contributed by atoms with Crippen molar-refractivity contribution in [3.8, 4) is 5.75 Å². The Morgan fingerprint density at radius 2 is 2.15 bits per heavy atom. The molecule has 0 aromatic heterocycles. The van der Waals surface area contributed by atoms with Gasteiger partial charge in [-0.2, -0.15) is 0 Å². The van der Waals surface area contributed by atoms with Gasteiger partial charge in [0.1, 0.15) is 5.75 Å². The van der Waals surface area contributed by atoms with Gasteiger partial charge in [0.05, 0.1) is 13.2 Å². The molecule has 5 heteroatoms. The molecule has 110 valence electrons. The number of methoxy groups -OCH3 is 1. The van der Waals surface area contributed by atoms with Crippen LogP contribution in [0.1, 0.15) is 18.4 Å². The molecule has 0 aliphatic carbocycles. The Balaban J connectivity index is 1.60. The van der Waals surface area contributed by atoms with Gasteiger partial charge >= 0.3 is 0 Å². The quantitative estimate of drug-likeness (QED) is 0.784. The van der Waals surface area contributed by atoms with Crippen molar-refractivity contribution >= 4 is 17.3 Å². The van der Waals surface area contributed by atoms with Crippen LogP contribution in [0.25, 0.3) is 0 Å². The smallest absolute Gasteiger partial charge is 0.166 e. The average molecular weight is 294 g/mol. The zero-order valence-electron chi connectivity index (χ0n) is 11.9. The first-order chi connectivity index (χ1) is 9.78. The fraction of sp³-hybridized carbons (Fsp3) is 0.533. The molecule has 1 aliphatic rings. The van der Waals surface area contributed by atoms with Crippen molar-refractivity contribution < 1.29 is 9.47 Å². The molecule has 0 bridgehead atoms. The number of hydrogen-bond donors (Lipinski definition) is 2. The summed E-state index contributed by atoms with van der Waals surface area (Å²) in [5.41, 5.74) is 1.26. The highest BCUT2D eigenvalue weighted by molar-refractivity contribution is 7.80. The zero-order valence-corrected chi connectivity index (χ0v) is 12.7. The highest BCUT2D eigenvalue weighted by Crippen LogP contribution is 2.11. The molecule has 1 heterocycles. The van der Waals surface area contributed by atoms with E-state index in [1.165, 1.54) is 5.56 Å². The molecule has 1 unspecified atom stereocenters. The van der Waals surface area contributed by atoms with Crippen LogP contribution < -0.4 is 15.4 Å². The minimum Gasteiger partial charge on any atom is -0.497 e. The zero-order chi connectivity index (χ0) is 14.2. The van der Waals surface area contributed by atoms with E-state index in [9.17, 15) is 0 Å². The maximum Gasteiger partial charge on any atom is 0.166 e. The Labute approximate surface area is 125 Å². The van der Waals surface area contributed by atoms with Crippen LogP contribution in [0.2, 0.25) is 0 Å². The maximum atomic E-state index is 5.54. The molecule has 1 aliphatic heterocycles. The molecule has 4 nitrogen and oxygen atoms in total. The second-order valence-electron chi connectivity index (χ2n) is 4.87. The predicted octanol–water partition coefficient (Wildman–Crippen LogP) is 1.88. The Bertz CT molecular complexity index is 416. The summed E-state index contributed by atoms with van der Waals surface area (Å²) in [6, 6.07) is 8.10. The van der Waals surface area contributed by atoms with Crippen LogP contribution in [0.5, 0.6) is 5.75 Å². The predicted molar refractivity (Wildman–Crippen MR) is 84.3 cm³/mol. The molecule has 0 radical (unpaired) electrons. The summed E-state index contributed by atoms with van der Waals surface area (Å²) in [7, 11) is 1.68. The first-order valence-corrected chi connectivity index (χ1v) is 7.45. The minimum atomic E-state index is 0.316. The molecule has 2 rings (SSSR count). The largest absolute Gasteiger partial charge is 0.497 e. The van der Waals surface area contributed by atoms with Crippen molar-refractivity contribution in [2.24, 2.45) is 0 Å². The molecule has 1 aromatic carbocycles. The molecule has 1 aromatic rings. The summed E-state index contributed by atoms with van der Waals surface area (Å²) in [6.07, 6.45) is 3.54. The van der Waals surface area contributed by atoms with Gasteiger partial charge < -0.3 is 20.1 Å². The van der Waals surface area contributed by atoms with Crippen molar-refractivity contribution in [1.82, 2.24) is 10.6 Å². The molecule has 20 heavy (non-hydrogen) atoms. The lowest BCUT2D eigenvalue weighted by molar-refractivity contribution is 0.114. The summed E-state index contributed by atoms with van der Waals surface area (Å²) in [6.45, 7) is 2.50. The van der Waals surface area contributed by atoms with Gasteiger partial charge in [0.25, 0.3) is 0 Å². The first-order valence-electron chi connectivity index (χ1n) is 7.04. The third kappa shape index (κ3) is 4.98. The number of ether oxygens (including phenoxy) is 2. The molecule has 0 saturated carbocycles. The lowest BCUT2D eigenvalue weighted by Crippen LogP contribution is -2.40. The summed E-state index contributed by atoms with van der Waals surface area (Å²) >= 11 is 5.25. The van der Waals surface area contributed by atoms with Gasteiger partial charge in [-0.25, -0.2) is 0 Å².